The fraction of sp³-hybridized carbons (Fsp3) is 0.300. The molecule has 0 saturated carbocycles. The number of rotatable bonds is 3. The molecule has 2 fully saturated rings. The Morgan fingerprint density at radius 3 is 2.47 bits per heavy atom. The number of fused-ring (bicyclic) bond motifs is 7. The first-order valence-corrected chi connectivity index (χ1v) is 12.8. The molecule has 36 heavy (non-hydrogen) atoms. The lowest BCUT2D eigenvalue weighted by molar-refractivity contribution is -0.137. The number of carbonyl (C=O) groups is 3. The molecule has 6 nitrogen and oxygen atoms in total. The minimum Gasteiger partial charge on any atom is -0.325 e. The molecule has 6 heteroatoms. The van der Waals surface area contributed by atoms with E-state index in [0.717, 1.165) is 41.6 Å². The number of ketones is 1. The fourth-order valence-electron chi connectivity index (χ4n) is 7.74. The number of carbonyl (C=O) groups excluding carboxylic acids is 3. The zero-order valence-corrected chi connectivity index (χ0v) is 20.1. The van der Waals surface area contributed by atoms with Crippen LogP contribution in [0.2, 0.25) is 0 Å². The number of nitrogens with one attached hydrogen (secondary N) is 2. The number of para-hydroxylation sites is 2. The lowest BCUT2D eigenvalue weighted by Gasteiger charge is -2.43. The summed E-state index contributed by atoms with van der Waals surface area (Å²) in [6.07, 6.45) is 2.39. The van der Waals surface area contributed by atoms with E-state index < -0.39 is 16.9 Å². The molecule has 7 rings (SSSR count). The van der Waals surface area contributed by atoms with E-state index in [0.29, 0.717) is 17.8 Å². The Morgan fingerprint density at radius 1 is 0.917 bits per heavy atom. The van der Waals surface area contributed by atoms with E-state index in [2.05, 4.69) is 22.5 Å². The summed E-state index contributed by atoms with van der Waals surface area (Å²) >= 11 is 0. The predicted octanol–water partition coefficient (Wildman–Crippen LogP) is 4.26. The van der Waals surface area contributed by atoms with Crippen molar-refractivity contribution < 1.29 is 14.4 Å². The van der Waals surface area contributed by atoms with Crippen LogP contribution in [-0.4, -0.2) is 35.1 Å². The van der Waals surface area contributed by atoms with Gasteiger partial charge in [-0.2, -0.15) is 0 Å². The molecular formula is C30H27N3O3. The third-order valence-corrected chi connectivity index (χ3v) is 8.94. The van der Waals surface area contributed by atoms with E-state index in [1.54, 1.807) is 0 Å². The zero-order valence-electron chi connectivity index (χ0n) is 20.1. The molecule has 0 aliphatic carbocycles. The lowest BCUT2D eigenvalue weighted by atomic mass is 9.57. The van der Waals surface area contributed by atoms with Crippen LogP contribution in [0.25, 0.3) is 0 Å². The first kappa shape index (κ1) is 21.5. The van der Waals surface area contributed by atoms with Crippen LogP contribution in [-0.2, 0) is 27.0 Å². The van der Waals surface area contributed by atoms with Crippen molar-refractivity contribution in [1.82, 2.24) is 4.90 Å². The highest BCUT2D eigenvalue weighted by Gasteiger charge is 2.81. The van der Waals surface area contributed by atoms with E-state index in [1.807, 2.05) is 72.8 Å². The number of anilines is 2. The van der Waals surface area contributed by atoms with Gasteiger partial charge in [0.15, 0.2) is 5.78 Å². The quantitative estimate of drug-likeness (QED) is 0.553. The summed E-state index contributed by atoms with van der Waals surface area (Å²) in [6.45, 7) is 2.72. The highest BCUT2D eigenvalue weighted by molar-refractivity contribution is 6.21. The number of amides is 2. The van der Waals surface area contributed by atoms with E-state index in [1.165, 1.54) is 0 Å². The average molecular weight is 478 g/mol. The third-order valence-electron chi connectivity index (χ3n) is 8.94. The molecular weight excluding hydrogens is 450 g/mol. The molecule has 0 radical (unpaired) electrons. The van der Waals surface area contributed by atoms with Crippen molar-refractivity contribution in [1.29, 1.82) is 0 Å². The summed E-state index contributed by atoms with van der Waals surface area (Å²) < 4.78 is 0. The Hall–Kier alpha value is -3.77. The van der Waals surface area contributed by atoms with E-state index >= 15 is 0 Å². The maximum Gasteiger partial charge on any atom is 0.251 e. The van der Waals surface area contributed by atoms with Gasteiger partial charge in [-0.25, -0.2) is 0 Å². The normalized spacial score (nSPS) is 29.8. The largest absolute Gasteiger partial charge is 0.325 e. The van der Waals surface area contributed by atoms with Crippen LogP contribution in [0.5, 0.6) is 0 Å². The van der Waals surface area contributed by atoms with Crippen molar-refractivity contribution >= 4 is 29.0 Å². The van der Waals surface area contributed by atoms with Crippen LogP contribution < -0.4 is 10.6 Å². The van der Waals surface area contributed by atoms with Gasteiger partial charge >= 0.3 is 0 Å². The second-order valence-electron chi connectivity index (χ2n) is 10.3. The number of hydrogen-bond acceptors (Lipinski definition) is 4. The number of aryl methyl sites for hydroxylation is 1. The Balaban J connectivity index is 1.60. The number of benzene rings is 3. The summed E-state index contributed by atoms with van der Waals surface area (Å²) in [6, 6.07) is 22.6. The minimum atomic E-state index is -1.39. The summed E-state index contributed by atoms with van der Waals surface area (Å²) in [7, 11) is 0. The Bertz CT molecular complexity index is 1450. The smallest absolute Gasteiger partial charge is 0.251 e. The molecule has 2 saturated heterocycles. The average Bonchev–Trinajstić information content (AvgIpc) is 3.62. The van der Waals surface area contributed by atoms with Crippen molar-refractivity contribution in [3.8, 4) is 0 Å². The summed E-state index contributed by atoms with van der Waals surface area (Å²) in [5.41, 5.74) is 1.94. The van der Waals surface area contributed by atoms with Crippen LogP contribution in [0.15, 0.2) is 72.8 Å². The monoisotopic (exact) mass is 477 g/mol. The first-order valence-electron chi connectivity index (χ1n) is 12.8. The maximum atomic E-state index is 14.4. The first-order chi connectivity index (χ1) is 17.6. The van der Waals surface area contributed by atoms with Gasteiger partial charge in [-0.3, -0.25) is 19.3 Å². The van der Waals surface area contributed by atoms with Gasteiger partial charge in [-0.05, 0) is 43.0 Å². The van der Waals surface area contributed by atoms with Crippen LogP contribution in [0.4, 0.5) is 11.4 Å². The molecule has 180 valence electrons. The fourth-order valence-corrected chi connectivity index (χ4v) is 7.74. The molecule has 4 heterocycles. The van der Waals surface area contributed by atoms with Gasteiger partial charge in [-0.1, -0.05) is 73.7 Å². The van der Waals surface area contributed by atoms with Crippen LogP contribution >= 0.6 is 0 Å². The van der Waals surface area contributed by atoms with Crippen molar-refractivity contribution in [2.24, 2.45) is 5.92 Å². The van der Waals surface area contributed by atoms with Gasteiger partial charge in [0.1, 0.15) is 11.0 Å². The SMILES string of the molecule is CCc1cccc2c1NC(=O)[C@@]21N2CCC[C@@H]2[C@@H](C(=O)c2ccccc2)[C@]12C(=O)Nc1ccccc12. The molecule has 4 aliphatic heterocycles. The van der Waals surface area contributed by atoms with E-state index in [-0.39, 0.29) is 23.6 Å². The Labute approximate surface area is 209 Å². The standard InChI is InChI=1S/C30H27N3O3/c1-2-18-12-8-14-21-25(18)32-28(36)30(21)29(20-13-6-7-15-22(20)31-27(29)35)24(23-16-9-17-33(23)30)26(34)19-10-4-3-5-11-19/h3-8,10-15,23-24H,2,9,16-17H2,1H3,(H,31,35)(H,32,36)/t23-,24+,29-,30+/m1/s1. The van der Waals surface area contributed by atoms with Crippen LogP contribution in [0.3, 0.4) is 0 Å². The van der Waals surface area contributed by atoms with Gasteiger partial charge in [0.05, 0.1) is 5.92 Å². The molecule has 2 spiro atoms. The molecule has 3 aromatic carbocycles. The maximum absolute atomic E-state index is 14.4. The lowest BCUT2D eigenvalue weighted by Crippen LogP contribution is -2.62. The molecule has 0 unspecified atom stereocenters. The van der Waals surface area contributed by atoms with Crippen molar-refractivity contribution in [3.05, 3.63) is 95.1 Å². The number of hydrogen-bond donors (Lipinski definition) is 2. The number of Topliss-reactive ketones (excluding diaryl/α,β-unsaturated/α-hetero) is 1. The van der Waals surface area contributed by atoms with Crippen molar-refractivity contribution in [3.63, 3.8) is 0 Å². The highest BCUT2D eigenvalue weighted by atomic mass is 16.2. The van der Waals surface area contributed by atoms with Gasteiger partial charge < -0.3 is 10.6 Å². The topological polar surface area (TPSA) is 78.5 Å². The zero-order chi connectivity index (χ0) is 24.7. The second kappa shape index (κ2) is 7.37. The van der Waals surface area contributed by atoms with Gasteiger partial charge in [0.25, 0.3) is 5.91 Å². The molecule has 0 aromatic heterocycles. The summed E-state index contributed by atoms with van der Waals surface area (Å²) in [5.74, 6) is -1.25. The second-order valence-corrected chi connectivity index (χ2v) is 10.3. The van der Waals surface area contributed by atoms with E-state index in [9.17, 15) is 14.4 Å². The summed E-state index contributed by atoms with van der Waals surface area (Å²) in [5, 5.41) is 6.28. The van der Waals surface area contributed by atoms with Crippen molar-refractivity contribution in [2.45, 2.75) is 43.2 Å². The summed E-state index contributed by atoms with van der Waals surface area (Å²) in [4.78, 5) is 45.5. The van der Waals surface area contributed by atoms with Gasteiger partial charge in [0, 0.05) is 28.5 Å². The van der Waals surface area contributed by atoms with Crippen LogP contribution in [0.1, 0.15) is 46.8 Å². The third kappa shape index (κ3) is 2.29. The van der Waals surface area contributed by atoms with Gasteiger partial charge in [-0.15, -0.1) is 0 Å². The Morgan fingerprint density at radius 2 is 1.67 bits per heavy atom. The van der Waals surface area contributed by atoms with E-state index in [4.69, 9.17) is 0 Å². The molecule has 0 bridgehead atoms. The molecule has 4 aliphatic rings. The predicted molar refractivity (Wildman–Crippen MR) is 137 cm³/mol. The molecule has 2 N–H and O–H groups in total. The van der Waals surface area contributed by atoms with Crippen LogP contribution in [0, 0.1) is 5.92 Å². The Kier molecular flexibility index (Phi) is 4.40. The molecule has 3 aromatic rings. The minimum absolute atomic E-state index is 0.0795. The molecule has 4 atom stereocenters. The van der Waals surface area contributed by atoms with Gasteiger partial charge in [0.2, 0.25) is 5.91 Å². The van der Waals surface area contributed by atoms with Crippen molar-refractivity contribution in [2.75, 3.05) is 17.2 Å². The molecule has 2 amide bonds. The number of nitrogens with zero attached hydrogens (tertiary/aromatic N) is 1. The highest BCUT2D eigenvalue weighted by Crippen LogP contribution is 2.68.